The highest BCUT2D eigenvalue weighted by Gasteiger charge is 2.06. The van der Waals surface area contributed by atoms with Crippen LogP contribution < -0.4 is 0 Å². The molecule has 230 valence electrons. The molecule has 0 saturated heterocycles. The smallest absolute Gasteiger partial charge is 0.00313 e. The summed E-state index contributed by atoms with van der Waals surface area (Å²) in [5.74, 6) is 1.01. The third kappa shape index (κ3) is 33.2. The van der Waals surface area contributed by atoms with Crippen molar-refractivity contribution in [2.45, 2.75) is 212 Å². The van der Waals surface area contributed by atoms with Gasteiger partial charge in [0, 0.05) is 10.7 Å². The monoisotopic (exact) mass is 662 g/mol. The van der Waals surface area contributed by atoms with Gasteiger partial charge in [0.05, 0.1) is 0 Å². The second-order valence-corrected chi connectivity index (χ2v) is 14.1. The highest BCUT2D eigenvalue weighted by atomic mass is 79.9. The molecule has 0 aromatic rings. The summed E-state index contributed by atoms with van der Waals surface area (Å²) in [7, 11) is 0. The van der Waals surface area contributed by atoms with Crippen LogP contribution in [-0.2, 0) is 0 Å². The van der Waals surface area contributed by atoms with Gasteiger partial charge >= 0.3 is 0 Å². The molecule has 0 aliphatic rings. The number of alkyl halides is 2. The molecule has 0 aliphatic heterocycles. The zero-order valence-electron chi connectivity index (χ0n) is 26.4. The Labute approximate surface area is 259 Å². The first-order valence-corrected chi connectivity index (χ1v) is 20.2. The first-order valence-electron chi connectivity index (χ1n) is 18.0. The third-order valence-electron chi connectivity index (χ3n) is 8.82. The summed E-state index contributed by atoms with van der Waals surface area (Å²) in [5, 5.41) is 2.37. The van der Waals surface area contributed by atoms with E-state index in [4.69, 9.17) is 0 Å². The molecule has 0 fully saturated rings. The van der Waals surface area contributed by atoms with E-state index < -0.39 is 0 Å². The average Bonchev–Trinajstić information content (AvgIpc) is 2.93. The number of hydrogen-bond donors (Lipinski definition) is 0. The molecule has 0 aromatic heterocycles. The summed E-state index contributed by atoms with van der Waals surface area (Å²) >= 11 is 7.05. The lowest BCUT2D eigenvalue weighted by Crippen LogP contribution is -1.99. The predicted molar refractivity (Wildman–Crippen MR) is 184 cm³/mol. The minimum absolute atomic E-state index is 1.01. The molecule has 0 amide bonds. The van der Waals surface area contributed by atoms with Crippen molar-refractivity contribution in [1.29, 1.82) is 0 Å². The van der Waals surface area contributed by atoms with Crippen LogP contribution in [0.15, 0.2) is 0 Å². The van der Waals surface area contributed by atoms with Crippen LogP contribution in [0.1, 0.15) is 212 Å². The maximum absolute atomic E-state index is 3.53. The van der Waals surface area contributed by atoms with Crippen LogP contribution in [0.4, 0.5) is 0 Å². The molecular formula is C36H72Br2. The van der Waals surface area contributed by atoms with Gasteiger partial charge in [-0.05, 0) is 18.8 Å². The lowest BCUT2D eigenvalue weighted by molar-refractivity contribution is 0.392. The summed E-state index contributed by atoms with van der Waals surface area (Å²) in [5.41, 5.74) is 0. The Morgan fingerprint density at radius 3 is 0.658 bits per heavy atom. The van der Waals surface area contributed by atoms with Crippen molar-refractivity contribution < 1.29 is 0 Å². The van der Waals surface area contributed by atoms with Gasteiger partial charge in [-0.1, -0.05) is 231 Å². The van der Waals surface area contributed by atoms with Gasteiger partial charge in [-0.25, -0.2) is 0 Å². The topological polar surface area (TPSA) is 0 Å². The second-order valence-electron chi connectivity index (χ2n) is 12.5. The molecule has 0 N–H and O–H groups in total. The highest BCUT2D eigenvalue weighted by Crippen LogP contribution is 2.22. The minimum Gasteiger partial charge on any atom is -0.0928 e. The van der Waals surface area contributed by atoms with Gasteiger partial charge in [-0.2, -0.15) is 0 Å². The number of halogens is 2. The molecule has 0 aliphatic carbocycles. The standard InChI is InChI=1S/C36H72Br2/c1-2-36(33-29-25-21-17-13-9-7-11-15-19-23-27-31-35-38)32-28-24-20-16-12-8-5-3-4-6-10-14-18-22-26-30-34-37/h36H,2-35H2,1H3. The third-order valence-corrected chi connectivity index (χ3v) is 9.94. The van der Waals surface area contributed by atoms with E-state index in [0.717, 1.165) is 5.92 Å². The molecule has 0 saturated carbocycles. The maximum Gasteiger partial charge on any atom is 0.00313 e. The minimum atomic E-state index is 1.01. The Kier molecular flexibility index (Phi) is 36.9. The second kappa shape index (κ2) is 36.0. The quantitative estimate of drug-likeness (QED) is 0.0474. The molecule has 0 bridgehead atoms. The van der Waals surface area contributed by atoms with Gasteiger partial charge in [0.2, 0.25) is 0 Å². The van der Waals surface area contributed by atoms with Crippen molar-refractivity contribution in [2.24, 2.45) is 5.92 Å². The average molecular weight is 665 g/mol. The maximum atomic E-state index is 3.53. The number of hydrogen-bond acceptors (Lipinski definition) is 0. The summed E-state index contributed by atoms with van der Waals surface area (Å²) in [6, 6.07) is 0. The normalized spacial score (nSPS) is 12.4. The lowest BCUT2D eigenvalue weighted by Gasteiger charge is -2.14. The van der Waals surface area contributed by atoms with E-state index >= 15 is 0 Å². The molecule has 1 unspecified atom stereocenters. The first-order chi connectivity index (χ1) is 18.8. The van der Waals surface area contributed by atoms with E-state index in [2.05, 4.69) is 38.8 Å². The van der Waals surface area contributed by atoms with Gasteiger partial charge < -0.3 is 0 Å². The van der Waals surface area contributed by atoms with Crippen LogP contribution in [0, 0.1) is 5.92 Å². The zero-order valence-corrected chi connectivity index (χ0v) is 29.5. The van der Waals surface area contributed by atoms with Gasteiger partial charge in [0.1, 0.15) is 0 Å². The van der Waals surface area contributed by atoms with E-state index in [0.29, 0.717) is 0 Å². The van der Waals surface area contributed by atoms with Gasteiger partial charge in [-0.3, -0.25) is 0 Å². The molecule has 0 radical (unpaired) electrons. The van der Waals surface area contributed by atoms with Crippen molar-refractivity contribution in [3.63, 3.8) is 0 Å². The van der Waals surface area contributed by atoms with Gasteiger partial charge in [0.25, 0.3) is 0 Å². The van der Waals surface area contributed by atoms with Crippen molar-refractivity contribution in [1.82, 2.24) is 0 Å². The van der Waals surface area contributed by atoms with Crippen molar-refractivity contribution in [3.05, 3.63) is 0 Å². The fourth-order valence-electron chi connectivity index (χ4n) is 6.03. The van der Waals surface area contributed by atoms with Crippen LogP contribution >= 0.6 is 31.9 Å². The van der Waals surface area contributed by atoms with E-state index in [1.165, 1.54) is 216 Å². The van der Waals surface area contributed by atoms with Crippen LogP contribution in [0.5, 0.6) is 0 Å². The van der Waals surface area contributed by atoms with Gasteiger partial charge in [0.15, 0.2) is 0 Å². The predicted octanol–water partition coefficient (Wildman–Crippen LogP) is 14.9. The molecule has 0 nitrogen and oxygen atoms in total. The molecule has 0 aromatic carbocycles. The van der Waals surface area contributed by atoms with E-state index in [9.17, 15) is 0 Å². The first kappa shape index (κ1) is 39.0. The summed E-state index contributed by atoms with van der Waals surface area (Å²) < 4.78 is 0. The fraction of sp³-hybridized carbons (Fsp3) is 1.00. The Balaban J connectivity index is 3.25. The summed E-state index contributed by atoms with van der Waals surface area (Å²) in [6.07, 6.45) is 47.0. The fourth-order valence-corrected chi connectivity index (χ4v) is 6.82. The molecule has 2 heteroatoms. The molecule has 38 heavy (non-hydrogen) atoms. The number of unbranched alkanes of at least 4 members (excludes halogenated alkanes) is 27. The van der Waals surface area contributed by atoms with E-state index in [1.807, 2.05) is 0 Å². The SMILES string of the molecule is CCC(CCCCCCCCCCCCCCCBr)CCCCCCCCCCCCCCCCCCBr. The summed E-state index contributed by atoms with van der Waals surface area (Å²) in [6.45, 7) is 2.43. The lowest BCUT2D eigenvalue weighted by atomic mass is 9.92. The molecule has 0 heterocycles. The number of rotatable bonds is 34. The Morgan fingerprint density at radius 1 is 0.289 bits per heavy atom. The van der Waals surface area contributed by atoms with Crippen molar-refractivity contribution in [2.75, 3.05) is 10.7 Å². The van der Waals surface area contributed by atoms with Crippen molar-refractivity contribution >= 4 is 31.9 Å². The largest absolute Gasteiger partial charge is 0.0928 e. The van der Waals surface area contributed by atoms with Crippen molar-refractivity contribution in [3.8, 4) is 0 Å². The summed E-state index contributed by atoms with van der Waals surface area (Å²) in [4.78, 5) is 0. The van der Waals surface area contributed by atoms with Crippen LogP contribution in [0.25, 0.3) is 0 Å². The van der Waals surface area contributed by atoms with Gasteiger partial charge in [-0.15, -0.1) is 0 Å². The van der Waals surface area contributed by atoms with Crippen LogP contribution in [0.3, 0.4) is 0 Å². The van der Waals surface area contributed by atoms with E-state index in [1.54, 1.807) is 0 Å². The molecule has 0 rings (SSSR count). The molecule has 1 atom stereocenters. The van der Waals surface area contributed by atoms with E-state index in [-0.39, 0.29) is 0 Å². The Morgan fingerprint density at radius 2 is 0.474 bits per heavy atom. The Bertz CT molecular complexity index is 397. The van der Waals surface area contributed by atoms with Crippen LogP contribution in [-0.4, -0.2) is 10.7 Å². The zero-order chi connectivity index (χ0) is 27.6. The van der Waals surface area contributed by atoms with Crippen LogP contribution in [0.2, 0.25) is 0 Å². The Hall–Kier alpha value is 0.960. The molecular weight excluding hydrogens is 592 g/mol. The molecule has 0 spiro atoms. The highest BCUT2D eigenvalue weighted by molar-refractivity contribution is 9.09.